The maximum atomic E-state index is 14.3. The van der Waals surface area contributed by atoms with Crippen molar-refractivity contribution in [3.05, 3.63) is 63.4 Å². The van der Waals surface area contributed by atoms with Crippen LogP contribution in [0.4, 0.5) is 4.39 Å². The monoisotopic (exact) mass is 437 g/mol. The Kier molecular flexibility index (Phi) is 6.28. The molecule has 1 aliphatic heterocycles. The van der Waals surface area contributed by atoms with Gasteiger partial charge in [-0.15, -0.1) is 0 Å². The summed E-state index contributed by atoms with van der Waals surface area (Å²) >= 11 is 12.1. The van der Waals surface area contributed by atoms with Crippen LogP contribution in [0.3, 0.4) is 0 Å². The summed E-state index contributed by atoms with van der Waals surface area (Å²) in [5.41, 5.74) is 0.846. The van der Waals surface area contributed by atoms with Gasteiger partial charge in [-0.1, -0.05) is 29.3 Å². The SMILES string of the molecule is O=C(OC1CC1)c1ccc(CN2CCC(Oc3ccc(Cl)cc3Cl)CC2)cc1F. The van der Waals surface area contributed by atoms with Crippen LogP contribution < -0.4 is 4.74 Å². The van der Waals surface area contributed by atoms with E-state index in [0.717, 1.165) is 44.3 Å². The average molecular weight is 438 g/mol. The van der Waals surface area contributed by atoms with E-state index in [1.807, 2.05) is 0 Å². The van der Waals surface area contributed by atoms with E-state index in [4.69, 9.17) is 32.7 Å². The molecular weight excluding hydrogens is 416 g/mol. The fourth-order valence-corrected chi connectivity index (χ4v) is 3.87. The second-order valence-electron chi connectivity index (χ2n) is 7.59. The predicted octanol–water partition coefficient (Wildman–Crippen LogP) is 5.50. The second-order valence-corrected chi connectivity index (χ2v) is 8.43. The van der Waals surface area contributed by atoms with Crippen molar-refractivity contribution in [3.63, 3.8) is 0 Å². The summed E-state index contributed by atoms with van der Waals surface area (Å²) in [7, 11) is 0. The minimum Gasteiger partial charge on any atom is -0.489 e. The number of piperidine rings is 1. The van der Waals surface area contributed by atoms with Crippen LogP contribution in [0, 0.1) is 5.82 Å². The molecule has 4 rings (SSSR count). The fourth-order valence-electron chi connectivity index (χ4n) is 3.42. The molecule has 7 heteroatoms. The number of halogens is 3. The first-order valence-corrected chi connectivity index (χ1v) is 10.6. The first-order valence-electron chi connectivity index (χ1n) is 9.81. The Balaban J connectivity index is 1.29. The lowest BCUT2D eigenvalue weighted by molar-refractivity contribution is 0.0467. The maximum absolute atomic E-state index is 14.3. The molecule has 1 aliphatic carbocycles. The molecule has 29 heavy (non-hydrogen) atoms. The number of likely N-dealkylation sites (tertiary alicyclic amines) is 1. The lowest BCUT2D eigenvalue weighted by atomic mass is 10.1. The largest absolute Gasteiger partial charge is 0.489 e. The van der Waals surface area contributed by atoms with E-state index in [9.17, 15) is 9.18 Å². The van der Waals surface area contributed by atoms with Crippen LogP contribution in [0.5, 0.6) is 5.75 Å². The van der Waals surface area contributed by atoms with Crippen molar-refractivity contribution in [2.45, 2.75) is 44.4 Å². The van der Waals surface area contributed by atoms with E-state index in [-0.39, 0.29) is 17.8 Å². The molecule has 1 heterocycles. The van der Waals surface area contributed by atoms with Crippen LogP contribution in [0.1, 0.15) is 41.6 Å². The zero-order valence-corrected chi connectivity index (χ0v) is 17.4. The van der Waals surface area contributed by atoms with E-state index >= 15 is 0 Å². The number of hydrogen-bond donors (Lipinski definition) is 0. The molecule has 1 saturated heterocycles. The van der Waals surface area contributed by atoms with Crippen molar-refractivity contribution in [2.24, 2.45) is 0 Å². The summed E-state index contributed by atoms with van der Waals surface area (Å²) in [5.74, 6) is -0.454. The molecule has 2 aliphatic rings. The van der Waals surface area contributed by atoms with Crippen LogP contribution in [0.25, 0.3) is 0 Å². The van der Waals surface area contributed by atoms with Gasteiger partial charge in [0.25, 0.3) is 0 Å². The number of rotatable bonds is 6. The van der Waals surface area contributed by atoms with Gasteiger partial charge in [-0.3, -0.25) is 4.90 Å². The lowest BCUT2D eigenvalue weighted by Gasteiger charge is -2.32. The van der Waals surface area contributed by atoms with E-state index < -0.39 is 11.8 Å². The number of benzene rings is 2. The quantitative estimate of drug-likeness (QED) is 0.559. The third-order valence-corrected chi connectivity index (χ3v) is 5.71. The Morgan fingerprint density at radius 3 is 2.45 bits per heavy atom. The van der Waals surface area contributed by atoms with E-state index in [2.05, 4.69) is 4.90 Å². The Bertz CT molecular complexity index is 896. The third-order valence-electron chi connectivity index (χ3n) is 5.18. The van der Waals surface area contributed by atoms with Crippen LogP contribution in [-0.2, 0) is 11.3 Å². The van der Waals surface area contributed by atoms with Crippen LogP contribution in [0.2, 0.25) is 10.0 Å². The highest BCUT2D eigenvalue weighted by molar-refractivity contribution is 6.35. The molecule has 0 N–H and O–H groups in total. The van der Waals surface area contributed by atoms with Crippen molar-refractivity contribution in [2.75, 3.05) is 13.1 Å². The maximum Gasteiger partial charge on any atom is 0.341 e. The van der Waals surface area contributed by atoms with Gasteiger partial charge in [0.2, 0.25) is 0 Å². The molecule has 0 amide bonds. The van der Waals surface area contributed by atoms with Gasteiger partial charge in [-0.25, -0.2) is 9.18 Å². The highest BCUT2D eigenvalue weighted by Gasteiger charge is 2.28. The standard InChI is InChI=1S/C22H22Cl2FNO3/c23-15-2-6-21(19(24)12-15)28-17-7-9-26(10-8-17)13-14-1-5-18(20(25)11-14)22(27)29-16-3-4-16/h1-2,5-6,11-12,16-17H,3-4,7-10,13H2. The first kappa shape index (κ1) is 20.5. The van der Waals surface area contributed by atoms with Crippen LogP contribution in [0.15, 0.2) is 36.4 Å². The Morgan fingerprint density at radius 1 is 1.03 bits per heavy atom. The molecule has 2 aromatic rings. The molecule has 154 valence electrons. The molecule has 0 spiro atoms. The van der Waals surface area contributed by atoms with Crippen molar-refractivity contribution >= 4 is 29.2 Å². The number of hydrogen-bond acceptors (Lipinski definition) is 4. The molecule has 0 unspecified atom stereocenters. The average Bonchev–Trinajstić information content (AvgIpc) is 3.49. The summed E-state index contributed by atoms with van der Waals surface area (Å²) in [6, 6.07) is 9.97. The summed E-state index contributed by atoms with van der Waals surface area (Å²) in [6.45, 7) is 2.30. The van der Waals surface area contributed by atoms with Gasteiger partial charge < -0.3 is 9.47 Å². The molecule has 4 nitrogen and oxygen atoms in total. The molecule has 0 radical (unpaired) electrons. The summed E-state index contributed by atoms with van der Waals surface area (Å²) in [5, 5.41) is 1.09. The number of esters is 1. The van der Waals surface area contributed by atoms with Gasteiger partial charge in [-0.2, -0.15) is 0 Å². The molecule has 0 aromatic heterocycles. The highest BCUT2D eigenvalue weighted by Crippen LogP contribution is 2.30. The first-order chi connectivity index (χ1) is 14.0. The number of nitrogens with zero attached hydrogens (tertiary/aromatic N) is 1. The van der Waals surface area contributed by atoms with E-state index in [1.54, 1.807) is 24.3 Å². The van der Waals surface area contributed by atoms with Gasteiger partial charge in [-0.05, 0) is 61.6 Å². The normalized spacial score (nSPS) is 17.9. The van der Waals surface area contributed by atoms with Crippen molar-refractivity contribution in [1.29, 1.82) is 0 Å². The molecule has 1 saturated carbocycles. The van der Waals surface area contributed by atoms with E-state index in [1.165, 1.54) is 12.1 Å². The minimum atomic E-state index is -0.574. The smallest absolute Gasteiger partial charge is 0.341 e. The lowest BCUT2D eigenvalue weighted by Crippen LogP contribution is -2.37. The minimum absolute atomic E-state index is 0.00704. The zero-order chi connectivity index (χ0) is 20.4. The van der Waals surface area contributed by atoms with Crippen molar-refractivity contribution in [1.82, 2.24) is 4.90 Å². The molecule has 0 atom stereocenters. The van der Waals surface area contributed by atoms with Gasteiger partial charge in [0.05, 0.1) is 10.6 Å². The number of ether oxygens (including phenoxy) is 2. The Morgan fingerprint density at radius 2 is 1.79 bits per heavy atom. The second kappa shape index (κ2) is 8.90. The van der Waals surface area contributed by atoms with Gasteiger partial charge in [0.15, 0.2) is 0 Å². The molecule has 2 aromatic carbocycles. The molecule has 0 bridgehead atoms. The molecule has 2 fully saturated rings. The van der Waals surface area contributed by atoms with Crippen molar-refractivity contribution < 1.29 is 18.7 Å². The Hall–Kier alpha value is -1.82. The Labute approximate surface area is 179 Å². The topological polar surface area (TPSA) is 38.8 Å². The number of carbonyl (C=O) groups is 1. The summed E-state index contributed by atoms with van der Waals surface area (Å²) in [4.78, 5) is 14.2. The van der Waals surface area contributed by atoms with Crippen molar-refractivity contribution in [3.8, 4) is 5.75 Å². The van der Waals surface area contributed by atoms with Gasteiger partial charge in [0, 0.05) is 24.7 Å². The molecular formula is C22H22Cl2FNO3. The summed E-state index contributed by atoms with van der Waals surface area (Å²) in [6.07, 6.45) is 3.50. The highest BCUT2D eigenvalue weighted by atomic mass is 35.5. The summed E-state index contributed by atoms with van der Waals surface area (Å²) < 4.78 is 25.5. The fraction of sp³-hybridized carbons (Fsp3) is 0.409. The van der Waals surface area contributed by atoms with Gasteiger partial charge >= 0.3 is 5.97 Å². The van der Waals surface area contributed by atoms with Crippen LogP contribution >= 0.6 is 23.2 Å². The number of carbonyl (C=O) groups excluding carboxylic acids is 1. The van der Waals surface area contributed by atoms with E-state index in [0.29, 0.717) is 22.3 Å². The zero-order valence-electron chi connectivity index (χ0n) is 15.9. The van der Waals surface area contributed by atoms with Crippen LogP contribution in [-0.4, -0.2) is 36.2 Å². The third kappa shape index (κ3) is 5.41. The van der Waals surface area contributed by atoms with Gasteiger partial charge in [0.1, 0.15) is 23.8 Å². The predicted molar refractivity (Wildman–Crippen MR) is 110 cm³/mol.